The van der Waals surface area contributed by atoms with Crippen LogP contribution in [0.2, 0.25) is 0 Å². The van der Waals surface area contributed by atoms with E-state index in [1.807, 2.05) is 0 Å². The van der Waals surface area contributed by atoms with Gasteiger partial charge in [0.2, 0.25) is 11.8 Å². The lowest BCUT2D eigenvalue weighted by molar-refractivity contribution is -0.140. The van der Waals surface area contributed by atoms with Gasteiger partial charge in [-0.1, -0.05) is 18.2 Å². The molecule has 220 valence electrons. The summed E-state index contributed by atoms with van der Waals surface area (Å²) in [5.41, 5.74) is -0.430. The molecule has 0 unspecified atom stereocenters. The zero-order chi connectivity index (χ0) is 30.4. The van der Waals surface area contributed by atoms with Crippen LogP contribution in [0.15, 0.2) is 77.7 Å². The van der Waals surface area contributed by atoms with Crippen molar-refractivity contribution in [1.29, 1.82) is 0 Å². The predicted octanol–water partition coefficient (Wildman–Crippen LogP) is 4.89. The first-order valence-electron chi connectivity index (χ1n) is 13.1. The van der Waals surface area contributed by atoms with Crippen LogP contribution in [0.25, 0.3) is 0 Å². The van der Waals surface area contributed by atoms with Gasteiger partial charge in [0.1, 0.15) is 30.0 Å². The Morgan fingerprint density at radius 2 is 1.56 bits per heavy atom. The van der Waals surface area contributed by atoms with Gasteiger partial charge in [-0.3, -0.25) is 13.9 Å². The Hall–Kier alpha value is -3.99. The second-order valence-corrected chi connectivity index (χ2v) is 12.3. The molecule has 0 aliphatic heterocycles. The summed E-state index contributed by atoms with van der Waals surface area (Å²) in [6.07, 6.45) is 0. The van der Waals surface area contributed by atoms with E-state index < -0.39 is 51.6 Å². The molecule has 41 heavy (non-hydrogen) atoms. The first-order chi connectivity index (χ1) is 19.2. The van der Waals surface area contributed by atoms with Crippen molar-refractivity contribution in [3.8, 4) is 5.75 Å². The molecule has 1 N–H and O–H groups in total. The topological polar surface area (TPSA) is 96.0 Å². The Balaban J connectivity index is 2.04. The molecule has 0 saturated heterocycles. The Bertz CT molecular complexity index is 1460. The van der Waals surface area contributed by atoms with Crippen molar-refractivity contribution >= 4 is 27.5 Å². The number of nitrogens with one attached hydrogen (secondary N) is 1. The fourth-order valence-electron chi connectivity index (χ4n) is 4.00. The molecule has 1 atom stereocenters. The Morgan fingerprint density at radius 3 is 2.12 bits per heavy atom. The minimum atomic E-state index is -4.35. The van der Waals surface area contributed by atoms with Gasteiger partial charge in [-0.15, -0.1) is 0 Å². The van der Waals surface area contributed by atoms with Gasteiger partial charge < -0.3 is 15.0 Å². The van der Waals surface area contributed by atoms with Crippen LogP contribution in [-0.4, -0.2) is 49.9 Å². The maximum atomic E-state index is 14.6. The SMILES string of the molecule is CCOc1ccc(S(=O)(=O)N(CC(=O)N(Cc2ccccc2F)[C@@H](C)C(=O)NC(C)(C)C)c2ccc(F)cc2)cc1. The molecule has 3 rings (SSSR count). The standard InChI is InChI=1S/C30H35F2N3O5S/c1-6-40-25-15-17-26(18-16-25)41(38,39)35(24-13-11-23(31)12-14-24)20-28(36)34(19-22-9-7-8-10-27(22)32)21(2)29(37)33-30(3,4)5/h7-18,21H,6,19-20H2,1-5H3,(H,33,37)/t21-/m0/s1. The number of nitrogens with zero attached hydrogens (tertiary/aromatic N) is 2. The van der Waals surface area contributed by atoms with Crippen LogP contribution >= 0.6 is 0 Å². The highest BCUT2D eigenvalue weighted by molar-refractivity contribution is 7.92. The van der Waals surface area contributed by atoms with Gasteiger partial charge in [-0.2, -0.15) is 0 Å². The predicted molar refractivity (Wildman–Crippen MR) is 153 cm³/mol. The summed E-state index contributed by atoms with van der Waals surface area (Å²) >= 11 is 0. The highest BCUT2D eigenvalue weighted by atomic mass is 32.2. The molecule has 0 fully saturated rings. The van der Waals surface area contributed by atoms with Gasteiger partial charge in [0.15, 0.2) is 0 Å². The zero-order valence-electron chi connectivity index (χ0n) is 23.7. The molecule has 3 aromatic rings. The molecule has 0 bridgehead atoms. The fourth-order valence-corrected chi connectivity index (χ4v) is 5.42. The number of benzene rings is 3. The molecular weight excluding hydrogens is 552 g/mol. The smallest absolute Gasteiger partial charge is 0.264 e. The number of hydrogen-bond donors (Lipinski definition) is 1. The molecule has 0 heterocycles. The summed E-state index contributed by atoms with van der Waals surface area (Å²) in [7, 11) is -4.35. The average Bonchev–Trinajstić information content (AvgIpc) is 2.91. The lowest BCUT2D eigenvalue weighted by atomic mass is 10.1. The lowest BCUT2D eigenvalue weighted by Crippen LogP contribution is -2.54. The normalized spacial score (nSPS) is 12.4. The molecule has 0 spiro atoms. The summed E-state index contributed by atoms with van der Waals surface area (Å²) in [4.78, 5) is 28.0. The average molecular weight is 588 g/mol. The number of anilines is 1. The lowest BCUT2D eigenvalue weighted by Gasteiger charge is -2.33. The van der Waals surface area contributed by atoms with Gasteiger partial charge in [0, 0.05) is 17.6 Å². The van der Waals surface area contributed by atoms with Gasteiger partial charge in [-0.25, -0.2) is 17.2 Å². The van der Waals surface area contributed by atoms with Crippen molar-refractivity contribution < 1.29 is 31.5 Å². The maximum Gasteiger partial charge on any atom is 0.264 e. The van der Waals surface area contributed by atoms with Gasteiger partial charge in [0.05, 0.1) is 17.2 Å². The first kappa shape index (κ1) is 31.5. The van der Waals surface area contributed by atoms with E-state index in [9.17, 15) is 26.8 Å². The quantitative estimate of drug-likeness (QED) is 0.345. The summed E-state index contributed by atoms with van der Waals surface area (Å²) in [6, 6.07) is 15.1. The van der Waals surface area contributed by atoms with Crippen LogP contribution in [0.5, 0.6) is 5.75 Å². The van der Waals surface area contributed by atoms with Crippen LogP contribution in [0, 0.1) is 11.6 Å². The van der Waals surface area contributed by atoms with E-state index in [-0.39, 0.29) is 22.7 Å². The van der Waals surface area contributed by atoms with Crippen LogP contribution < -0.4 is 14.4 Å². The van der Waals surface area contributed by atoms with Crippen molar-refractivity contribution in [1.82, 2.24) is 10.2 Å². The molecule has 0 aromatic heterocycles. The third kappa shape index (κ3) is 8.26. The highest BCUT2D eigenvalue weighted by Crippen LogP contribution is 2.26. The van der Waals surface area contributed by atoms with E-state index >= 15 is 0 Å². The highest BCUT2D eigenvalue weighted by Gasteiger charge is 2.33. The van der Waals surface area contributed by atoms with Crippen molar-refractivity contribution in [3.05, 3.63) is 90.0 Å². The third-order valence-corrected chi connectivity index (χ3v) is 7.87. The molecular formula is C30H35F2N3O5S. The molecule has 0 saturated carbocycles. The second kappa shape index (κ2) is 13.1. The van der Waals surface area contributed by atoms with Gasteiger partial charge in [-0.05, 0) is 89.2 Å². The van der Waals surface area contributed by atoms with Crippen LogP contribution in [-0.2, 0) is 26.2 Å². The number of carbonyl (C=O) groups is 2. The third-order valence-electron chi connectivity index (χ3n) is 6.08. The van der Waals surface area contributed by atoms with Gasteiger partial charge in [0.25, 0.3) is 10.0 Å². The number of halogens is 2. The summed E-state index contributed by atoms with van der Waals surface area (Å²) in [6.45, 7) is 7.99. The summed E-state index contributed by atoms with van der Waals surface area (Å²) in [5, 5.41) is 2.81. The first-order valence-corrected chi connectivity index (χ1v) is 14.5. The number of amides is 2. The zero-order valence-corrected chi connectivity index (χ0v) is 24.5. The van der Waals surface area contributed by atoms with E-state index in [1.165, 1.54) is 61.5 Å². The number of hydrogen-bond acceptors (Lipinski definition) is 5. The minimum Gasteiger partial charge on any atom is -0.494 e. The molecule has 8 nitrogen and oxygen atoms in total. The number of ether oxygens (including phenoxy) is 1. The van der Waals surface area contributed by atoms with Gasteiger partial charge >= 0.3 is 0 Å². The Morgan fingerprint density at radius 1 is 0.951 bits per heavy atom. The maximum absolute atomic E-state index is 14.6. The van der Waals surface area contributed by atoms with E-state index in [2.05, 4.69) is 5.32 Å². The van der Waals surface area contributed by atoms with E-state index in [4.69, 9.17) is 4.74 Å². The van der Waals surface area contributed by atoms with Crippen molar-refractivity contribution in [3.63, 3.8) is 0 Å². The fraction of sp³-hybridized carbons (Fsp3) is 0.333. The van der Waals surface area contributed by atoms with Crippen LogP contribution in [0.3, 0.4) is 0 Å². The number of rotatable bonds is 11. The van der Waals surface area contributed by atoms with Crippen molar-refractivity contribution in [2.24, 2.45) is 0 Å². The second-order valence-electron chi connectivity index (χ2n) is 10.4. The monoisotopic (exact) mass is 587 g/mol. The largest absolute Gasteiger partial charge is 0.494 e. The molecule has 0 radical (unpaired) electrons. The van der Waals surface area contributed by atoms with Crippen molar-refractivity contribution in [2.75, 3.05) is 17.5 Å². The summed E-state index contributed by atoms with van der Waals surface area (Å²) < 4.78 is 62.3. The molecule has 0 aliphatic carbocycles. The summed E-state index contributed by atoms with van der Waals surface area (Å²) in [5.74, 6) is -1.96. The molecule has 3 aromatic carbocycles. The molecule has 0 aliphatic rings. The number of sulfonamides is 1. The van der Waals surface area contributed by atoms with E-state index in [0.29, 0.717) is 12.4 Å². The molecule has 2 amide bonds. The van der Waals surface area contributed by atoms with Crippen LogP contribution in [0.1, 0.15) is 40.2 Å². The van der Waals surface area contributed by atoms with Crippen molar-refractivity contribution in [2.45, 2.75) is 57.6 Å². The van der Waals surface area contributed by atoms with E-state index in [0.717, 1.165) is 21.3 Å². The number of carbonyl (C=O) groups excluding carboxylic acids is 2. The van der Waals surface area contributed by atoms with Crippen LogP contribution in [0.4, 0.5) is 14.5 Å². The van der Waals surface area contributed by atoms with E-state index in [1.54, 1.807) is 33.8 Å². The minimum absolute atomic E-state index is 0.0336. The molecule has 11 heteroatoms. The Labute approximate surface area is 240 Å². The Kier molecular flexibility index (Phi) is 10.1.